The van der Waals surface area contributed by atoms with E-state index in [0.29, 0.717) is 22.0 Å². The number of aliphatic imine (C=N–C) groups is 1. The molecular formula is C19H26Cl2IN5. The van der Waals surface area contributed by atoms with E-state index in [9.17, 15) is 0 Å². The highest BCUT2D eigenvalue weighted by molar-refractivity contribution is 14.0. The summed E-state index contributed by atoms with van der Waals surface area (Å²) >= 11 is 12.1. The molecule has 27 heavy (non-hydrogen) atoms. The summed E-state index contributed by atoms with van der Waals surface area (Å²) in [4.78, 5) is 11.0. The van der Waals surface area contributed by atoms with Crippen molar-refractivity contribution in [1.82, 2.24) is 19.8 Å². The number of benzene rings is 1. The van der Waals surface area contributed by atoms with Gasteiger partial charge < -0.3 is 14.8 Å². The molecule has 1 aliphatic heterocycles. The van der Waals surface area contributed by atoms with E-state index in [0.717, 1.165) is 44.0 Å². The van der Waals surface area contributed by atoms with E-state index >= 15 is 0 Å². The Balaban J connectivity index is 0.00000261. The smallest absolute Gasteiger partial charge is 0.193 e. The minimum atomic E-state index is 0. The van der Waals surface area contributed by atoms with Crippen LogP contribution < -0.4 is 5.32 Å². The Morgan fingerprint density at radius 3 is 2.67 bits per heavy atom. The maximum atomic E-state index is 6.07. The third-order valence-electron chi connectivity index (χ3n) is 4.96. The molecule has 2 aromatic rings. The lowest BCUT2D eigenvalue weighted by molar-refractivity contribution is 0.189. The highest BCUT2D eigenvalue weighted by atomic mass is 127. The second-order valence-corrected chi connectivity index (χ2v) is 7.66. The number of rotatable bonds is 4. The summed E-state index contributed by atoms with van der Waals surface area (Å²) in [7, 11) is 1.84. The van der Waals surface area contributed by atoms with Gasteiger partial charge in [0.05, 0.1) is 12.4 Å². The zero-order valence-corrected chi connectivity index (χ0v) is 19.4. The summed E-state index contributed by atoms with van der Waals surface area (Å²) in [6.45, 7) is 5.03. The van der Waals surface area contributed by atoms with Gasteiger partial charge in [-0.1, -0.05) is 30.1 Å². The molecule has 1 fully saturated rings. The highest BCUT2D eigenvalue weighted by Crippen LogP contribution is 2.27. The SMILES string of the molecule is CN=C(NCCc1cc(Cl)cc(Cl)c1)N1CCC(C)C(n2ccnc2)C1.I. The van der Waals surface area contributed by atoms with Crippen LogP contribution in [0.1, 0.15) is 24.9 Å². The summed E-state index contributed by atoms with van der Waals surface area (Å²) < 4.78 is 2.21. The van der Waals surface area contributed by atoms with Gasteiger partial charge in [-0.3, -0.25) is 4.99 Å². The molecular weight excluding hydrogens is 496 g/mol. The zero-order valence-electron chi connectivity index (χ0n) is 15.6. The molecule has 0 spiro atoms. The van der Waals surface area contributed by atoms with Crippen LogP contribution in [0.2, 0.25) is 10.0 Å². The number of imidazole rings is 1. The number of piperidine rings is 1. The van der Waals surface area contributed by atoms with Gasteiger partial charge in [-0.25, -0.2) is 4.98 Å². The molecule has 0 aliphatic carbocycles. The first-order valence-corrected chi connectivity index (χ1v) is 9.70. The number of aromatic nitrogens is 2. The third kappa shape index (κ3) is 5.99. The first-order chi connectivity index (χ1) is 12.6. The van der Waals surface area contributed by atoms with Crippen molar-refractivity contribution in [2.24, 2.45) is 10.9 Å². The van der Waals surface area contributed by atoms with Gasteiger partial charge >= 0.3 is 0 Å². The van der Waals surface area contributed by atoms with Crippen molar-refractivity contribution in [3.05, 3.63) is 52.5 Å². The van der Waals surface area contributed by atoms with Gasteiger partial charge in [-0.2, -0.15) is 0 Å². The van der Waals surface area contributed by atoms with Crippen molar-refractivity contribution in [2.45, 2.75) is 25.8 Å². The second-order valence-electron chi connectivity index (χ2n) is 6.79. The minimum absolute atomic E-state index is 0. The Morgan fingerprint density at radius 1 is 1.30 bits per heavy atom. The Bertz CT molecular complexity index is 730. The molecule has 0 radical (unpaired) electrons. The number of guanidine groups is 1. The monoisotopic (exact) mass is 521 g/mol. The molecule has 0 amide bonds. The molecule has 5 nitrogen and oxygen atoms in total. The first kappa shape index (κ1) is 22.3. The fourth-order valence-corrected chi connectivity index (χ4v) is 4.07. The number of likely N-dealkylation sites (tertiary alicyclic amines) is 1. The largest absolute Gasteiger partial charge is 0.356 e. The fourth-order valence-electron chi connectivity index (χ4n) is 3.50. The lowest BCUT2D eigenvalue weighted by Crippen LogP contribution is -2.49. The molecule has 0 bridgehead atoms. The van der Waals surface area contributed by atoms with Gasteiger partial charge in [0.15, 0.2) is 5.96 Å². The maximum absolute atomic E-state index is 6.07. The number of hydrogen-bond donors (Lipinski definition) is 1. The van der Waals surface area contributed by atoms with Crippen molar-refractivity contribution in [2.75, 3.05) is 26.7 Å². The fraction of sp³-hybridized carbons (Fsp3) is 0.474. The number of hydrogen-bond acceptors (Lipinski definition) is 2. The van der Waals surface area contributed by atoms with Crippen LogP contribution >= 0.6 is 47.2 Å². The van der Waals surface area contributed by atoms with Crippen LogP contribution in [-0.2, 0) is 6.42 Å². The molecule has 2 unspecified atom stereocenters. The van der Waals surface area contributed by atoms with E-state index in [4.69, 9.17) is 23.2 Å². The van der Waals surface area contributed by atoms with Gasteiger partial charge in [0, 0.05) is 49.1 Å². The molecule has 1 saturated heterocycles. The van der Waals surface area contributed by atoms with Crippen molar-refractivity contribution in [3.63, 3.8) is 0 Å². The molecule has 1 aromatic carbocycles. The minimum Gasteiger partial charge on any atom is -0.356 e. The summed E-state index contributed by atoms with van der Waals surface area (Å²) in [5.74, 6) is 1.56. The first-order valence-electron chi connectivity index (χ1n) is 8.95. The van der Waals surface area contributed by atoms with E-state index in [-0.39, 0.29) is 24.0 Å². The second kappa shape index (κ2) is 10.5. The molecule has 3 rings (SSSR count). The average Bonchev–Trinajstić information content (AvgIpc) is 3.13. The predicted octanol–water partition coefficient (Wildman–Crippen LogP) is 4.51. The van der Waals surface area contributed by atoms with Crippen molar-refractivity contribution < 1.29 is 0 Å². The number of nitrogens with zero attached hydrogens (tertiary/aromatic N) is 4. The van der Waals surface area contributed by atoms with Crippen molar-refractivity contribution >= 4 is 53.1 Å². The van der Waals surface area contributed by atoms with Crippen LogP contribution in [0.5, 0.6) is 0 Å². The summed E-state index contributed by atoms with van der Waals surface area (Å²) in [5, 5.41) is 4.81. The molecule has 8 heteroatoms. The maximum Gasteiger partial charge on any atom is 0.193 e. The zero-order chi connectivity index (χ0) is 18.5. The number of halogens is 3. The highest BCUT2D eigenvalue weighted by Gasteiger charge is 2.28. The van der Waals surface area contributed by atoms with Crippen LogP contribution in [0.3, 0.4) is 0 Å². The predicted molar refractivity (Wildman–Crippen MR) is 124 cm³/mol. The van der Waals surface area contributed by atoms with E-state index in [1.165, 1.54) is 0 Å². The molecule has 1 aromatic heterocycles. The van der Waals surface area contributed by atoms with Crippen LogP contribution in [0.25, 0.3) is 0 Å². The van der Waals surface area contributed by atoms with Gasteiger partial charge in [0.25, 0.3) is 0 Å². The van der Waals surface area contributed by atoms with Crippen molar-refractivity contribution in [1.29, 1.82) is 0 Å². The quantitative estimate of drug-likeness (QED) is 0.366. The van der Waals surface area contributed by atoms with Gasteiger partial charge in [-0.15, -0.1) is 24.0 Å². The average molecular weight is 522 g/mol. The Labute approximate surface area is 188 Å². The number of nitrogens with one attached hydrogen (secondary N) is 1. The third-order valence-corrected chi connectivity index (χ3v) is 5.39. The van der Waals surface area contributed by atoms with Gasteiger partial charge in [0.2, 0.25) is 0 Å². The lowest BCUT2D eigenvalue weighted by Gasteiger charge is -2.39. The molecule has 0 saturated carbocycles. The van der Waals surface area contributed by atoms with E-state index in [2.05, 4.69) is 31.7 Å². The van der Waals surface area contributed by atoms with Crippen LogP contribution in [0.4, 0.5) is 0 Å². The Morgan fingerprint density at radius 2 is 2.04 bits per heavy atom. The Kier molecular flexibility index (Phi) is 8.69. The summed E-state index contributed by atoms with van der Waals surface area (Å²) in [6.07, 6.45) is 7.77. The summed E-state index contributed by atoms with van der Waals surface area (Å²) in [6, 6.07) is 6.08. The molecule has 1 aliphatic rings. The van der Waals surface area contributed by atoms with E-state index < -0.39 is 0 Å². The Hall–Kier alpha value is -0.990. The van der Waals surface area contributed by atoms with Crippen molar-refractivity contribution in [3.8, 4) is 0 Å². The van der Waals surface area contributed by atoms with Crippen LogP contribution in [-0.4, -0.2) is 47.1 Å². The summed E-state index contributed by atoms with van der Waals surface area (Å²) in [5.41, 5.74) is 1.12. The topological polar surface area (TPSA) is 45.5 Å². The normalized spacial score (nSPS) is 20.3. The molecule has 2 atom stereocenters. The molecule has 2 heterocycles. The van der Waals surface area contributed by atoms with E-state index in [1.54, 1.807) is 6.07 Å². The standard InChI is InChI=1S/C19H25Cl2N5.HI/c1-14-4-7-25(12-18(14)26-8-6-23-13-26)19(22-2)24-5-3-15-9-16(20)11-17(21)10-15;/h6,8-11,13-14,18H,3-5,7,12H2,1-2H3,(H,22,24);1H. The molecule has 1 N–H and O–H groups in total. The van der Waals surface area contributed by atoms with Crippen LogP contribution in [0, 0.1) is 5.92 Å². The van der Waals surface area contributed by atoms with Gasteiger partial charge in [-0.05, 0) is 42.5 Å². The van der Waals surface area contributed by atoms with Gasteiger partial charge in [0.1, 0.15) is 0 Å². The van der Waals surface area contributed by atoms with Crippen LogP contribution in [0.15, 0.2) is 41.9 Å². The van der Waals surface area contributed by atoms with E-state index in [1.807, 2.05) is 37.9 Å². The lowest BCUT2D eigenvalue weighted by atomic mass is 9.93. The molecule has 148 valence electrons.